The first-order valence-corrected chi connectivity index (χ1v) is 6.96. The average molecular weight is 257 g/mol. The van der Waals surface area contributed by atoms with Crippen LogP contribution in [0.4, 0.5) is 0 Å². The molecule has 94 valence electrons. The minimum Gasteiger partial charge on any atom is -0.392 e. The molecule has 1 atom stereocenters. The number of carbonyl (C=O) groups is 1. The van der Waals surface area contributed by atoms with E-state index in [9.17, 15) is 13.2 Å². The molecule has 1 rings (SSSR count). The van der Waals surface area contributed by atoms with E-state index in [1.165, 1.54) is 24.3 Å². The lowest BCUT2D eigenvalue weighted by molar-refractivity contribution is 0.0924. The van der Waals surface area contributed by atoms with Gasteiger partial charge in [-0.2, -0.15) is 0 Å². The normalized spacial score (nSPS) is 13.1. The summed E-state index contributed by atoms with van der Waals surface area (Å²) >= 11 is 0. The molecule has 6 heteroatoms. The van der Waals surface area contributed by atoms with E-state index in [1.54, 1.807) is 6.92 Å². The van der Waals surface area contributed by atoms with Crippen LogP contribution in [0.3, 0.4) is 0 Å². The molecule has 0 unspecified atom stereocenters. The average Bonchev–Trinajstić information content (AvgIpc) is 2.25. The summed E-state index contributed by atoms with van der Waals surface area (Å²) < 4.78 is 22.6. The van der Waals surface area contributed by atoms with Crippen molar-refractivity contribution >= 4 is 15.7 Å². The molecule has 0 spiro atoms. The van der Waals surface area contributed by atoms with E-state index in [4.69, 9.17) is 5.11 Å². The van der Waals surface area contributed by atoms with Gasteiger partial charge in [0.25, 0.3) is 5.91 Å². The fourth-order valence-corrected chi connectivity index (χ4v) is 1.88. The molecule has 1 aromatic carbocycles. The number of hydrogen-bond acceptors (Lipinski definition) is 4. The number of rotatable bonds is 4. The Kier molecular flexibility index (Phi) is 4.25. The Bertz CT molecular complexity index is 508. The highest BCUT2D eigenvalue weighted by Crippen LogP contribution is 2.11. The van der Waals surface area contributed by atoms with Crippen LogP contribution in [-0.4, -0.2) is 38.3 Å². The van der Waals surface area contributed by atoms with Crippen molar-refractivity contribution in [2.24, 2.45) is 0 Å². The van der Waals surface area contributed by atoms with Crippen molar-refractivity contribution in [3.05, 3.63) is 29.8 Å². The number of nitrogens with one attached hydrogen (secondary N) is 1. The van der Waals surface area contributed by atoms with Crippen LogP contribution in [0.2, 0.25) is 0 Å². The molecule has 0 heterocycles. The fourth-order valence-electron chi connectivity index (χ4n) is 1.21. The summed E-state index contributed by atoms with van der Waals surface area (Å²) in [5.74, 6) is -0.406. The molecule has 0 radical (unpaired) electrons. The van der Waals surface area contributed by atoms with Gasteiger partial charge < -0.3 is 10.4 Å². The molecule has 0 aliphatic heterocycles. The molecule has 0 aliphatic carbocycles. The number of aliphatic hydroxyl groups excluding tert-OH is 1. The van der Waals surface area contributed by atoms with Crippen molar-refractivity contribution < 1.29 is 18.3 Å². The van der Waals surface area contributed by atoms with E-state index >= 15 is 0 Å². The largest absolute Gasteiger partial charge is 0.392 e. The van der Waals surface area contributed by atoms with Gasteiger partial charge in [-0.25, -0.2) is 8.42 Å². The lowest BCUT2D eigenvalue weighted by atomic mass is 10.2. The Labute approximate surface area is 100 Å². The first-order chi connectivity index (χ1) is 7.80. The Morgan fingerprint density at radius 2 is 2.12 bits per heavy atom. The molecule has 0 aromatic heterocycles. The Morgan fingerprint density at radius 1 is 1.47 bits per heavy atom. The molecule has 17 heavy (non-hydrogen) atoms. The van der Waals surface area contributed by atoms with Crippen molar-refractivity contribution in [1.82, 2.24) is 5.32 Å². The summed E-state index contributed by atoms with van der Waals surface area (Å²) in [5, 5.41) is 11.5. The third kappa shape index (κ3) is 4.16. The highest BCUT2D eigenvalue weighted by Gasteiger charge is 2.11. The topological polar surface area (TPSA) is 83.5 Å². The minimum absolute atomic E-state index is 0.0993. The predicted octanol–water partition coefficient (Wildman–Crippen LogP) is 0.201. The Balaban J connectivity index is 2.89. The van der Waals surface area contributed by atoms with Crippen LogP contribution in [-0.2, 0) is 9.84 Å². The molecule has 0 aliphatic rings. The lowest BCUT2D eigenvalue weighted by Crippen LogP contribution is -2.30. The van der Waals surface area contributed by atoms with Gasteiger partial charge in [0.2, 0.25) is 0 Å². The van der Waals surface area contributed by atoms with Crippen LogP contribution >= 0.6 is 0 Å². The van der Waals surface area contributed by atoms with Crippen LogP contribution in [0, 0.1) is 0 Å². The molecule has 1 amide bonds. The summed E-state index contributed by atoms with van der Waals surface area (Å²) in [6.07, 6.45) is 0.442. The van der Waals surface area contributed by atoms with Crippen molar-refractivity contribution in [3.63, 3.8) is 0 Å². The summed E-state index contributed by atoms with van der Waals surface area (Å²) in [6, 6.07) is 5.77. The van der Waals surface area contributed by atoms with Crippen molar-refractivity contribution in [2.45, 2.75) is 17.9 Å². The highest BCUT2D eigenvalue weighted by molar-refractivity contribution is 7.90. The standard InChI is InChI=1S/C11H15NO4S/c1-8(13)7-12-11(14)9-4-3-5-10(6-9)17(2,15)16/h3-6,8,13H,7H2,1-2H3,(H,12,14)/t8-/m0/s1. The second-order valence-electron chi connectivity index (χ2n) is 3.86. The first-order valence-electron chi connectivity index (χ1n) is 5.07. The maximum atomic E-state index is 11.6. The molecular formula is C11H15NO4S. The predicted molar refractivity (Wildman–Crippen MR) is 63.6 cm³/mol. The molecular weight excluding hydrogens is 242 g/mol. The monoisotopic (exact) mass is 257 g/mol. The second-order valence-corrected chi connectivity index (χ2v) is 5.87. The van der Waals surface area contributed by atoms with Gasteiger partial charge in [-0.05, 0) is 25.1 Å². The molecule has 0 saturated heterocycles. The van der Waals surface area contributed by atoms with Crippen LogP contribution in [0.5, 0.6) is 0 Å². The molecule has 1 aromatic rings. The van der Waals surface area contributed by atoms with Crippen molar-refractivity contribution in [2.75, 3.05) is 12.8 Å². The zero-order valence-electron chi connectivity index (χ0n) is 9.67. The summed E-state index contributed by atoms with van der Waals surface area (Å²) in [5.41, 5.74) is 0.258. The number of carbonyl (C=O) groups excluding carboxylic acids is 1. The van der Waals surface area contributed by atoms with Crippen LogP contribution in [0.25, 0.3) is 0 Å². The van der Waals surface area contributed by atoms with Crippen LogP contribution in [0.15, 0.2) is 29.2 Å². The van der Waals surface area contributed by atoms with E-state index in [1.807, 2.05) is 0 Å². The van der Waals surface area contributed by atoms with Gasteiger partial charge in [0, 0.05) is 18.4 Å². The lowest BCUT2D eigenvalue weighted by Gasteiger charge is -2.07. The van der Waals surface area contributed by atoms with E-state index in [0.29, 0.717) is 0 Å². The molecule has 0 fully saturated rings. The van der Waals surface area contributed by atoms with Gasteiger partial charge in [-0.15, -0.1) is 0 Å². The minimum atomic E-state index is -3.32. The van der Waals surface area contributed by atoms with Crippen LogP contribution < -0.4 is 5.32 Å². The van der Waals surface area contributed by atoms with Gasteiger partial charge in [-0.3, -0.25) is 4.79 Å². The Morgan fingerprint density at radius 3 is 2.65 bits per heavy atom. The smallest absolute Gasteiger partial charge is 0.251 e. The molecule has 2 N–H and O–H groups in total. The first kappa shape index (κ1) is 13.7. The quantitative estimate of drug-likeness (QED) is 0.807. The van der Waals surface area contributed by atoms with Crippen molar-refractivity contribution in [3.8, 4) is 0 Å². The van der Waals surface area contributed by atoms with E-state index in [0.717, 1.165) is 6.26 Å². The van der Waals surface area contributed by atoms with Crippen LogP contribution in [0.1, 0.15) is 17.3 Å². The third-order valence-corrected chi connectivity index (χ3v) is 3.19. The van der Waals surface area contributed by atoms with Gasteiger partial charge >= 0.3 is 0 Å². The molecule has 0 saturated carbocycles. The second kappa shape index (κ2) is 5.29. The SMILES string of the molecule is C[C@H](O)CNC(=O)c1cccc(S(C)(=O)=O)c1. The van der Waals surface area contributed by atoms with Crippen molar-refractivity contribution in [1.29, 1.82) is 0 Å². The third-order valence-electron chi connectivity index (χ3n) is 2.08. The molecule has 5 nitrogen and oxygen atoms in total. The number of sulfone groups is 1. The fraction of sp³-hybridized carbons (Fsp3) is 0.364. The van der Waals surface area contributed by atoms with E-state index < -0.39 is 21.8 Å². The van der Waals surface area contributed by atoms with Gasteiger partial charge in [-0.1, -0.05) is 6.07 Å². The summed E-state index contributed by atoms with van der Waals surface area (Å²) in [4.78, 5) is 11.7. The summed E-state index contributed by atoms with van der Waals surface area (Å²) in [7, 11) is -3.32. The van der Waals surface area contributed by atoms with Gasteiger partial charge in [0.1, 0.15) is 0 Å². The Hall–Kier alpha value is -1.40. The van der Waals surface area contributed by atoms with Gasteiger partial charge in [0.05, 0.1) is 11.0 Å². The summed E-state index contributed by atoms with van der Waals surface area (Å²) in [6.45, 7) is 1.68. The maximum absolute atomic E-state index is 11.6. The highest BCUT2D eigenvalue weighted by atomic mass is 32.2. The van der Waals surface area contributed by atoms with Gasteiger partial charge in [0.15, 0.2) is 9.84 Å². The van der Waals surface area contributed by atoms with E-state index in [-0.39, 0.29) is 17.0 Å². The van der Waals surface area contributed by atoms with E-state index in [2.05, 4.69) is 5.32 Å². The zero-order valence-corrected chi connectivity index (χ0v) is 10.5. The number of amides is 1. The maximum Gasteiger partial charge on any atom is 0.251 e. The number of aliphatic hydroxyl groups is 1. The zero-order chi connectivity index (χ0) is 13.1. The molecule has 0 bridgehead atoms. The number of benzene rings is 1. The number of hydrogen-bond donors (Lipinski definition) is 2.